The lowest BCUT2D eigenvalue weighted by atomic mass is 9.57. The number of nitrogens with zero attached hydrogens (tertiary/aromatic N) is 4. The highest BCUT2D eigenvalue weighted by molar-refractivity contribution is 6.01. The molecule has 2 N–H and O–H groups in total. The van der Waals surface area contributed by atoms with Gasteiger partial charge in [0.25, 0.3) is 5.91 Å². The summed E-state index contributed by atoms with van der Waals surface area (Å²) in [6.45, 7) is 1.50. The number of nitrogens with one attached hydrogen (secondary N) is 2. The topological polar surface area (TPSA) is 105 Å². The summed E-state index contributed by atoms with van der Waals surface area (Å²) in [4.78, 5) is 31.0. The number of hydrogen-bond acceptors (Lipinski definition) is 6. The van der Waals surface area contributed by atoms with Crippen LogP contribution in [0, 0.1) is 11.3 Å². The van der Waals surface area contributed by atoms with Crippen molar-refractivity contribution in [2.45, 2.75) is 19.3 Å². The van der Waals surface area contributed by atoms with E-state index >= 15 is 0 Å². The Kier molecular flexibility index (Phi) is 4.39. The van der Waals surface area contributed by atoms with E-state index in [9.17, 15) is 9.59 Å². The fraction of sp³-hybridized carbons (Fsp3) is 0.333. The van der Waals surface area contributed by atoms with Gasteiger partial charge in [0.1, 0.15) is 5.52 Å². The summed E-state index contributed by atoms with van der Waals surface area (Å²) in [7, 11) is 1.67. The molecule has 1 spiro atoms. The van der Waals surface area contributed by atoms with Crippen LogP contribution < -0.4 is 10.6 Å². The summed E-state index contributed by atoms with van der Waals surface area (Å²) in [5, 5.41) is 10.4. The van der Waals surface area contributed by atoms with Gasteiger partial charge in [0.05, 0.1) is 23.0 Å². The van der Waals surface area contributed by atoms with Gasteiger partial charge in [0.2, 0.25) is 5.91 Å². The van der Waals surface area contributed by atoms with E-state index in [1.807, 2.05) is 41.4 Å². The lowest BCUT2D eigenvalue weighted by Gasteiger charge is -2.59. The number of rotatable bonds is 5. The third-order valence-corrected chi connectivity index (χ3v) is 6.93. The van der Waals surface area contributed by atoms with Crippen LogP contribution in [0.2, 0.25) is 0 Å². The molecule has 2 aliphatic rings. The van der Waals surface area contributed by atoms with Crippen molar-refractivity contribution in [2.75, 3.05) is 25.5 Å². The largest absolute Gasteiger partial charge is 0.443 e. The molecule has 1 saturated heterocycles. The van der Waals surface area contributed by atoms with Crippen LogP contribution in [0.3, 0.4) is 0 Å². The molecule has 33 heavy (non-hydrogen) atoms. The number of pyridine rings is 1. The standard InChI is InChI=1S/C24H24N6O3/c1-25-21(31)7-15-9-24(10-15)12-29(13-24)23(32)17-11-27-30-6-5-16(8-19(17)30)28-18-3-2-4-20-22(18)26-14-33-20/h2-6,8,11,14-15,28H,7,9-10,12-13H2,1H3,(H,25,31). The molecule has 0 radical (unpaired) electrons. The van der Waals surface area contributed by atoms with E-state index in [0.29, 0.717) is 23.5 Å². The van der Waals surface area contributed by atoms with Crippen LogP contribution in [0.15, 0.2) is 53.5 Å². The van der Waals surface area contributed by atoms with Crippen LogP contribution in [-0.2, 0) is 4.79 Å². The summed E-state index contributed by atoms with van der Waals surface area (Å²) in [5.41, 5.74) is 4.67. The molecule has 3 aromatic heterocycles. The third-order valence-electron chi connectivity index (χ3n) is 6.93. The van der Waals surface area contributed by atoms with E-state index in [2.05, 4.69) is 20.7 Å². The first-order valence-electron chi connectivity index (χ1n) is 11.1. The molecule has 4 aromatic rings. The second-order valence-corrected chi connectivity index (χ2v) is 9.25. The molecule has 0 atom stereocenters. The number of fused-ring (bicyclic) bond motifs is 2. The SMILES string of the molecule is CNC(=O)CC1CC2(C1)CN(C(=O)c1cnn3ccc(Nc4cccc5ocnc45)cc13)C2. The number of oxazole rings is 1. The molecule has 2 fully saturated rings. The summed E-state index contributed by atoms with van der Waals surface area (Å²) >= 11 is 0. The van der Waals surface area contributed by atoms with Gasteiger partial charge in [-0.3, -0.25) is 9.59 Å². The first-order valence-corrected chi connectivity index (χ1v) is 11.1. The van der Waals surface area contributed by atoms with E-state index in [1.54, 1.807) is 17.8 Å². The highest BCUT2D eigenvalue weighted by Crippen LogP contribution is 2.53. The Labute approximate surface area is 189 Å². The maximum atomic E-state index is 13.2. The number of para-hydroxylation sites is 1. The second-order valence-electron chi connectivity index (χ2n) is 9.25. The highest BCUT2D eigenvalue weighted by atomic mass is 16.3. The lowest BCUT2D eigenvalue weighted by Crippen LogP contribution is -2.63. The molecule has 1 aliphatic carbocycles. The Morgan fingerprint density at radius 3 is 2.91 bits per heavy atom. The molecule has 0 bridgehead atoms. The Morgan fingerprint density at radius 2 is 2.09 bits per heavy atom. The van der Waals surface area contributed by atoms with Gasteiger partial charge in [0.15, 0.2) is 12.0 Å². The molecule has 9 heteroatoms. The van der Waals surface area contributed by atoms with Crippen LogP contribution >= 0.6 is 0 Å². The molecule has 1 aliphatic heterocycles. The van der Waals surface area contributed by atoms with E-state index < -0.39 is 0 Å². The first-order chi connectivity index (χ1) is 16.0. The van der Waals surface area contributed by atoms with Crippen molar-refractivity contribution in [1.82, 2.24) is 24.8 Å². The summed E-state index contributed by atoms with van der Waals surface area (Å²) in [6, 6.07) is 9.55. The fourth-order valence-corrected chi connectivity index (χ4v) is 5.38. The van der Waals surface area contributed by atoms with Crippen LogP contribution in [0.5, 0.6) is 0 Å². The van der Waals surface area contributed by atoms with Crippen molar-refractivity contribution in [1.29, 1.82) is 0 Å². The average molecular weight is 444 g/mol. The maximum Gasteiger partial charge on any atom is 0.257 e. The van der Waals surface area contributed by atoms with E-state index in [1.165, 1.54) is 6.39 Å². The lowest BCUT2D eigenvalue weighted by molar-refractivity contribution is -0.127. The van der Waals surface area contributed by atoms with Crippen LogP contribution in [0.25, 0.3) is 16.6 Å². The molecule has 4 heterocycles. The Bertz CT molecular complexity index is 1380. The minimum absolute atomic E-state index is 0.00105. The number of carbonyl (C=O) groups is 2. The first kappa shape index (κ1) is 19.8. The van der Waals surface area contributed by atoms with E-state index in [0.717, 1.165) is 48.3 Å². The second kappa shape index (κ2) is 7.33. The Balaban J connectivity index is 1.17. The zero-order valence-corrected chi connectivity index (χ0v) is 18.2. The highest BCUT2D eigenvalue weighted by Gasteiger charge is 2.53. The minimum Gasteiger partial charge on any atom is -0.443 e. The van der Waals surface area contributed by atoms with Crippen molar-refractivity contribution in [3.8, 4) is 0 Å². The number of aromatic nitrogens is 3. The van der Waals surface area contributed by atoms with Crippen molar-refractivity contribution >= 4 is 39.8 Å². The van der Waals surface area contributed by atoms with Gasteiger partial charge in [-0.15, -0.1) is 0 Å². The molecule has 0 unspecified atom stereocenters. The monoisotopic (exact) mass is 444 g/mol. The predicted molar refractivity (Wildman–Crippen MR) is 122 cm³/mol. The van der Waals surface area contributed by atoms with Gasteiger partial charge in [-0.2, -0.15) is 5.10 Å². The fourth-order valence-electron chi connectivity index (χ4n) is 5.38. The van der Waals surface area contributed by atoms with Gasteiger partial charge in [-0.25, -0.2) is 9.50 Å². The summed E-state index contributed by atoms with van der Waals surface area (Å²) in [6.07, 6.45) is 7.51. The van der Waals surface area contributed by atoms with Crippen molar-refractivity contribution < 1.29 is 14.0 Å². The number of likely N-dealkylation sites (tertiary alicyclic amines) is 1. The predicted octanol–water partition coefficient (Wildman–Crippen LogP) is 3.21. The quantitative estimate of drug-likeness (QED) is 0.490. The average Bonchev–Trinajstić information content (AvgIpc) is 3.41. The number of anilines is 2. The summed E-state index contributed by atoms with van der Waals surface area (Å²) < 4.78 is 7.09. The van der Waals surface area contributed by atoms with Crippen LogP contribution in [0.4, 0.5) is 11.4 Å². The smallest absolute Gasteiger partial charge is 0.257 e. The molecular formula is C24H24N6O3. The van der Waals surface area contributed by atoms with Gasteiger partial charge < -0.3 is 20.0 Å². The van der Waals surface area contributed by atoms with Crippen LogP contribution in [-0.4, -0.2) is 51.4 Å². The van der Waals surface area contributed by atoms with E-state index in [4.69, 9.17) is 4.42 Å². The molecular weight excluding hydrogens is 420 g/mol. The van der Waals surface area contributed by atoms with Gasteiger partial charge in [-0.1, -0.05) is 6.07 Å². The molecule has 1 aromatic carbocycles. The summed E-state index contributed by atoms with van der Waals surface area (Å²) in [5.74, 6) is 0.528. The van der Waals surface area contributed by atoms with Crippen LogP contribution in [0.1, 0.15) is 29.6 Å². The van der Waals surface area contributed by atoms with Crippen molar-refractivity contribution in [2.24, 2.45) is 11.3 Å². The normalized spacial score (nSPS) is 17.2. The molecule has 9 nitrogen and oxygen atoms in total. The van der Waals surface area contributed by atoms with Crippen molar-refractivity contribution in [3.63, 3.8) is 0 Å². The number of hydrogen-bond donors (Lipinski definition) is 2. The molecule has 168 valence electrons. The molecule has 2 amide bonds. The Morgan fingerprint density at radius 1 is 1.24 bits per heavy atom. The maximum absolute atomic E-state index is 13.2. The van der Waals surface area contributed by atoms with Gasteiger partial charge in [0, 0.05) is 43.9 Å². The zero-order chi connectivity index (χ0) is 22.6. The van der Waals surface area contributed by atoms with Gasteiger partial charge >= 0.3 is 0 Å². The van der Waals surface area contributed by atoms with Gasteiger partial charge in [-0.05, 0) is 43.0 Å². The van der Waals surface area contributed by atoms with E-state index in [-0.39, 0.29) is 17.2 Å². The number of benzene rings is 1. The molecule has 1 saturated carbocycles. The Hall–Kier alpha value is -3.88. The minimum atomic E-state index is 0.00105. The zero-order valence-electron chi connectivity index (χ0n) is 18.2. The number of carbonyl (C=O) groups excluding carboxylic acids is 2. The number of amides is 2. The molecule has 6 rings (SSSR count). The van der Waals surface area contributed by atoms with Crippen molar-refractivity contribution in [3.05, 3.63) is 54.7 Å². The third kappa shape index (κ3) is 3.31.